The lowest BCUT2D eigenvalue weighted by atomic mass is 9.99. The third-order valence-corrected chi connectivity index (χ3v) is 5.46. The molecule has 0 fully saturated rings. The number of hydrogen-bond acceptors (Lipinski definition) is 3. The fourth-order valence-corrected chi connectivity index (χ4v) is 3.94. The Labute approximate surface area is 181 Å². The molecule has 0 radical (unpaired) electrons. The van der Waals surface area contributed by atoms with E-state index in [1.54, 1.807) is 13.2 Å². The van der Waals surface area contributed by atoms with Gasteiger partial charge in [0.25, 0.3) is 5.91 Å². The summed E-state index contributed by atoms with van der Waals surface area (Å²) in [5, 5.41) is 5.99. The zero-order valence-corrected chi connectivity index (χ0v) is 18.0. The number of aromatic nitrogens is 1. The van der Waals surface area contributed by atoms with E-state index in [4.69, 9.17) is 4.74 Å². The van der Waals surface area contributed by atoms with E-state index in [2.05, 4.69) is 10.6 Å². The monoisotopic (exact) mass is 429 g/mol. The number of carbonyl (C=O) groups is 1. The first kappa shape index (κ1) is 21.9. The molecule has 0 saturated heterocycles. The Kier molecular flexibility index (Phi) is 6.48. The quantitative estimate of drug-likeness (QED) is 0.639. The van der Waals surface area contributed by atoms with E-state index < -0.39 is 0 Å². The summed E-state index contributed by atoms with van der Waals surface area (Å²) in [6.45, 7) is 5.23. The number of anilines is 1. The molecule has 2 heterocycles. The fourth-order valence-electron chi connectivity index (χ4n) is 3.94. The third kappa shape index (κ3) is 3.93. The highest BCUT2D eigenvalue weighted by Crippen LogP contribution is 2.27. The summed E-state index contributed by atoms with van der Waals surface area (Å²) in [6.07, 6.45) is 0.622. The highest BCUT2D eigenvalue weighted by molar-refractivity contribution is 6.05. The number of methoxy groups -OCH3 is 1. The molecule has 0 unspecified atom stereocenters. The second kappa shape index (κ2) is 8.90. The van der Waals surface area contributed by atoms with Crippen LogP contribution >= 0.6 is 12.4 Å². The first-order valence-electron chi connectivity index (χ1n) is 9.65. The normalized spacial score (nSPS) is 12.7. The van der Waals surface area contributed by atoms with E-state index in [-0.39, 0.29) is 29.8 Å². The first-order valence-corrected chi connectivity index (χ1v) is 9.65. The molecular weight excluding hydrogens is 405 g/mol. The van der Waals surface area contributed by atoms with Crippen LogP contribution < -0.4 is 15.4 Å². The number of amides is 1. The standard InChI is InChI=1S/C23H24FN3O2.ClH/c1-14-12-20(15(2)27(14)17-5-7-18(29-3)8-6-17)23(28)26-21-9-4-16-13-25-11-10-19(16)22(21)24;/h4-9,12,25H,10-11,13H2,1-3H3,(H,26,28);1H. The second-order valence-corrected chi connectivity index (χ2v) is 7.26. The number of nitrogens with zero attached hydrogens (tertiary/aromatic N) is 1. The van der Waals surface area contributed by atoms with Gasteiger partial charge in [-0.3, -0.25) is 4.79 Å². The number of aryl methyl sites for hydroxylation is 1. The van der Waals surface area contributed by atoms with Crippen LogP contribution in [-0.4, -0.2) is 24.1 Å². The van der Waals surface area contributed by atoms with Crippen LogP contribution in [0, 0.1) is 19.7 Å². The maximum absolute atomic E-state index is 14.9. The van der Waals surface area contributed by atoms with Crippen molar-refractivity contribution in [2.45, 2.75) is 26.8 Å². The molecule has 0 bridgehead atoms. The predicted molar refractivity (Wildman–Crippen MR) is 119 cm³/mol. The van der Waals surface area contributed by atoms with Gasteiger partial charge in [0.15, 0.2) is 0 Å². The Morgan fingerprint density at radius 2 is 1.90 bits per heavy atom. The van der Waals surface area contributed by atoms with Gasteiger partial charge < -0.3 is 19.9 Å². The first-order chi connectivity index (χ1) is 14.0. The summed E-state index contributed by atoms with van der Waals surface area (Å²) in [5.74, 6) is 0.124. The lowest BCUT2D eigenvalue weighted by Crippen LogP contribution is -2.25. The summed E-state index contributed by atoms with van der Waals surface area (Å²) in [4.78, 5) is 12.9. The SMILES string of the molecule is COc1ccc(-n2c(C)cc(C(=O)Nc3ccc4c(c3F)CCNC4)c2C)cc1.Cl. The molecule has 0 saturated carbocycles. The number of carbonyl (C=O) groups excluding carboxylic acids is 1. The number of benzene rings is 2. The molecular formula is C23H25ClFN3O2. The number of hydrogen-bond donors (Lipinski definition) is 2. The van der Waals surface area contributed by atoms with E-state index in [1.165, 1.54) is 0 Å². The minimum Gasteiger partial charge on any atom is -0.497 e. The van der Waals surface area contributed by atoms with Crippen molar-refractivity contribution >= 4 is 24.0 Å². The zero-order valence-electron chi connectivity index (χ0n) is 17.2. The highest BCUT2D eigenvalue weighted by atomic mass is 35.5. The van der Waals surface area contributed by atoms with Crippen molar-refractivity contribution in [3.63, 3.8) is 0 Å². The third-order valence-electron chi connectivity index (χ3n) is 5.46. The van der Waals surface area contributed by atoms with Crippen molar-refractivity contribution in [1.29, 1.82) is 0 Å². The Hall–Kier alpha value is -2.83. The second-order valence-electron chi connectivity index (χ2n) is 7.26. The van der Waals surface area contributed by atoms with Gasteiger partial charge >= 0.3 is 0 Å². The molecule has 1 aliphatic heterocycles. The van der Waals surface area contributed by atoms with Gasteiger partial charge in [0.05, 0.1) is 18.4 Å². The number of nitrogens with one attached hydrogen (secondary N) is 2. The molecule has 2 N–H and O–H groups in total. The molecule has 0 spiro atoms. The van der Waals surface area contributed by atoms with Gasteiger partial charge in [-0.1, -0.05) is 6.07 Å². The summed E-state index contributed by atoms with van der Waals surface area (Å²) in [6, 6.07) is 13.0. The highest BCUT2D eigenvalue weighted by Gasteiger charge is 2.21. The molecule has 5 nitrogen and oxygen atoms in total. The average Bonchev–Trinajstić information content (AvgIpc) is 3.04. The van der Waals surface area contributed by atoms with Gasteiger partial charge in [-0.2, -0.15) is 0 Å². The van der Waals surface area contributed by atoms with Crippen LogP contribution in [0.4, 0.5) is 10.1 Å². The van der Waals surface area contributed by atoms with Crippen molar-refractivity contribution in [3.05, 3.63) is 76.4 Å². The molecule has 30 heavy (non-hydrogen) atoms. The molecule has 0 atom stereocenters. The van der Waals surface area contributed by atoms with Gasteiger partial charge in [-0.25, -0.2) is 4.39 Å². The number of halogens is 2. The smallest absolute Gasteiger partial charge is 0.257 e. The van der Waals surface area contributed by atoms with Crippen molar-refractivity contribution in [1.82, 2.24) is 9.88 Å². The van der Waals surface area contributed by atoms with Crippen molar-refractivity contribution in [2.24, 2.45) is 0 Å². The summed E-state index contributed by atoms with van der Waals surface area (Å²) < 4.78 is 22.1. The summed E-state index contributed by atoms with van der Waals surface area (Å²) >= 11 is 0. The van der Waals surface area contributed by atoms with Crippen LogP contribution in [0.5, 0.6) is 5.75 Å². The predicted octanol–water partition coefficient (Wildman–Crippen LogP) is 4.56. The van der Waals surface area contributed by atoms with E-state index in [0.717, 1.165) is 34.9 Å². The van der Waals surface area contributed by atoms with Gasteiger partial charge in [0.2, 0.25) is 0 Å². The molecule has 0 aliphatic carbocycles. The van der Waals surface area contributed by atoms with Crippen LogP contribution in [0.1, 0.15) is 32.9 Å². The Balaban J connectivity index is 0.00000256. The lowest BCUT2D eigenvalue weighted by molar-refractivity contribution is 0.102. The molecule has 2 aromatic carbocycles. The molecule has 3 aromatic rings. The summed E-state index contributed by atoms with van der Waals surface area (Å²) in [7, 11) is 1.62. The van der Waals surface area contributed by atoms with Gasteiger partial charge in [0, 0.05) is 23.6 Å². The minimum atomic E-state index is -0.332. The molecule has 1 amide bonds. The molecule has 7 heteroatoms. The summed E-state index contributed by atoms with van der Waals surface area (Å²) in [5.41, 5.74) is 5.05. The number of rotatable bonds is 4. The van der Waals surface area contributed by atoms with E-state index >= 15 is 0 Å². The molecule has 158 valence electrons. The minimum absolute atomic E-state index is 0. The molecule has 1 aromatic heterocycles. The number of fused-ring (bicyclic) bond motifs is 1. The van der Waals surface area contributed by atoms with Crippen molar-refractivity contribution in [2.75, 3.05) is 19.0 Å². The Morgan fingerprint density at radius 1 is 1.17 bits per heavy atom. The largest absolute Gasteiger partial charge is 0.497 e. The van der Waals surface area contributed by atoms with Crippen LogP contribution in [-0.2, 0) is 13.0 Å². The Morgan fingerprint density at radius 3 is 2.60 bits per heavy atom. The topological polar surface area (TPSA) is 55.3 Å². The maximum Gasteiger partial charge on any atom is 0.257 e. The van der Waals surface area contributed by atoms with Gasteiger partial charge in [-0.05, 0) is 74.3 Å². The number of ether oxygens (including phenoxy) is 1. The van der Waals surface area contributed by atoms with Gasteiger partial charge in [-0.15, -0.1) is 12.4 Å². The average molecular weight is 430 g/mol. The maximum atomic E-state index is 14.9. The zero-order chi connectivity index (χ0) is 20.5. The molecule has 4 rings (SSSR count). The van der Waals surface area contributed by atoms with Crippen LogP contribution in [0.3, 0.4) is 0 Å². The van der Waals surface area contributed by atoms with E-state index in [1.807, 2.05) is 54.8 Å². The van der Waals surface area contributed by atoms with Crippen LogP contribution in [0.15, 0.2) is 42.5 Å². The Bertz CT molecular complexity index is 1080. The van der Waals surface area contributed by atoms with Gasteiger partial charge in [0.1, 0.15) is 11.6 Å². The van der Waals surface area contributed by atoms with Crippen molar-refractivity contribution < 1.29 is 13.9 Å². The molecule has 1 aliphatic rings. The van der Waals surface area contributed by atoms with Crippen LogP contribution in [0.2, 0.25) is 0 Å². The van der Waals surface area contributed by atoms with Crippen molar-refractivity contribution in [3.8, 4) is 11.4 Å². The lowest BCUT2D eigenvalue weighted by Gasteiger charge is -2.19. The van der Waals surface area contributed by atoms with E-state index in [0.29, 0.717) is 24.1 Å². The van der Waals surface area contributed by atoms with E-state index in [9.17, 15) is 9.18 Å². The van der Waals surface area contributed by atoms with Crippen LogP contribution in [0.25, 0.3) is 5.69 Å². The fraction of sp³-hybridized carbons (Fsp3) is 0.261.